The van der Waals surface area contributed by atoms with Gasteiger partial charge in [-0.05, 0) is 25.0 Å². The molecule has 5 heteroatoms. The third-order valence-corrected chi connectivity index (χ3v) is 4.61. The fraction of sp³-hybridized carbons (Fsp3) is 0.375. The molecule has 0 spiro atoms. The molecule has 21 heavy (non-hydrogen) atoms. The van der Waals surface area contributed by atoms with Crippen molar-refractivity contribution in [2.75, 3.05) is 25.1 Å². The minimum absolute atomic E-state index is 0.388. The van der Waals surface area contributed by atoms with Gasteiger partial charge in [-0.25, -0.2) is 4.79 Å². The zero-order valence-electron chi connectivity index (χ0n) is 11.8. The number of aromatic nitrogens is 1. The highest BCUT2D eigenvalue weighted by atomic mass is 16.5. The molecule has 2 aromatic rings. The van der Waals surface area contributed by atoms with Crippen molar-refractivity contribution in [3.8, 4) is 5.75 Å². The summed E-state index contributed by atoms with van der Waals surface area (Å²) in [4.78, 5) is 18.8. The molecule has 5 rings (SSSR count). The second-order valence-electron chi connectivity index (χ2n) is 5.67. The lowest BCUT2D eigenvalue weighted by atomic mass is 9.84. The number of nitrogens with zero attached hydrogens (tertiary/aromatic N) is 2. The number of piperidine rings is 1. The average Bonchev–Trinajstić information content (AvgIpc) is 2.53. The van der Waals surface area contributed by atoms with E-state index in [1.165, 1.54) is 0 Å². The number of carboxylic acid groups (broad SMARTS) is 1. The molecule has 2 bridgehead atoms. The highest BCUT2D eigenvalue weighted by Gasteiger charge is 2.36. The molecule has 108 valence electrons. The minimum atomic E-state index is -0.878. The van der Waals surface area contributed by atoms with Crippen molar-refractivity contribution in [2.24, 2.45) is 0 Å². The Labute approximate surface area is 122 Å². The number of methoxy groups -OCH3 is 1. The minimum Gasteiger partial charge on any atom is -0.497 e. The number of pyridine rings is 1. The molecule has 5 nitrogen and oxygen atoms in total. The van der Waals surface area contributed by atoms with Crippen LogP contribution in [0.2, 0.25) is 0 Å². The van der Waals surface area contributed by atoms with Gasteiger partial charge in [0.2, 0.25) is 0 Å². The largest absolute Gasteiger partial charge is 0.497 e. The quantitative estimate of drug-likeness (QED) is 0.918. The van der Waals surface area contributed by atoms with E-state index in [2.05, 4.69) is 4.90 Å². The van der Waals surface area contributed by atoms with Crippen molar-refractivity contribution in [2.45, 2.75) is 18.8 Å². The Morgan fingerprint density at radius 3 is 2.81 bits per heavy atom. The van der Waals surface area contributed by atoms with Crippen LogP contribution in [0.4, 0.5) is 5.69 Å². The summed E-state index contributed by atoms with van der Waals surface area (Å²) in [6, 6.07) is 5.41. The summed E-state index contributed by atoms with van der Waals surface area (Å²) in [5.41, 5.74) is 2.88. The Hall–Kier alpha value is -2.30. The van der Waals surface area contributed by atoms with Gasteiger partial charge in [-0.15, -0.1) is 0 Å². The van der Waals surface area contributed by atoms with E-state index in [1.54, 1.807) is 19.2 Å². The molecule has 0 unspecified atom stereocenters. The maximum Gasteiger partial charge on any atom is 0.338 e. The molecule has 1 saturated heterocycles. The summed E-state index contributed by atoms with van der Waals surface area (Å²) in [7, 11) is 1.60. The average molecular weight is 284 g/mol. The van der Waals surface area contributed by atoms with E-state index in [4.69, 9.17) is 9.72 Å². The fourth-order valence-electron chi connectivity index (χ4n) is 3.58. The summed E-state index contributed by atoms with van der Waals surface area (Å²) in [6.07, 6.45) is 2.13. The third-order valence-electron chi connectivity index (χ3n) is 4.61. The van der Waals surface area contributed by atoms with Gasteiger partial charge in [-0.2, -0.15) is 0 Å². The van der Waals surface area contributed by atoms with Gasteiger partial charge < -0.3 is 14.7 Å². The Bertz CT molecular complexity index is 749. The topological polar surface area (TPSA) is 62.7 Å². The lowest BCUT2D eigenvalue weighted by Crippen LogP contribution is -2.40. The fourth-order valence-corrected chi connectivity index (χ4v) is 3.58. The van der Waals surface area contributed by atoms with Crippen molar-refractivity contribution in [3.05, 3.63) is 29.5 Å². The van der Waals surface area contributed by atoms with E-state index in [9.17, 15) is 9.90 Å². The molecule has 1 aromatic carbocycles. The molecule has 3 aliphatic heterocycles. The van der Waals surface area contributed by atoms with Crippen molar-refractivity contribution in [1.82, 2.24) is 4.98 Å². The number of benzene rings is 1. The van der Waals surface area contributed by atoms with Crippen molar-refractivity contribution >= 4 is 22.6 Å². The molecule has 1 fully saturated rings. The number of hydrogen-bond donors (Lipinski definition) is 1. The monoisotopic (exact) mass is 284 g/mol. The Morgan fingerprint density at radius 1 is 1.38 bits per heavy atom. The normalized spacial score (nSPS) is 17.1. The summed E-state index contributed by atoms with van der Waals surface area (Å²) >= 11 is 0. The smallest absolute Gasteiger partial charge is 0.338 e. The highest BCUT2D eigenvalue weighted by Crippen LogP contribution is 2.45. The molecule has 4 heterocycles. The van der Waals surface area contributed by atoms with Crippen LogP contribution in [0.5, 0.6) is 5.75 Å². The maximum absolute atomic E-state index is 11.8. The number of carboxylic acids is 1. The predicted molar refractivity (Wildman–Crippen MR) is 79.4 cm³/mol. The Kier molecular flexibility index (Phi) is 2.58. The number of anilines is 1. The number of rotatable bonds is 2. The van der Waals surface area contributed by atoms with E-state index < -0.39 is 5.97 Å². The van der Waals surface area contributed by atoms with E-state index in [-0.39, 0.29) is 0 Å². The van der Waals surface area contributed by atoms with Crippen LogP contribution in [0.3, 0.4) is 0 Å². The number of aromatic carboxylic acids is 1. The van der Waals surface area contributed by atoms with Crippen LogP contribution in [0, 0.1) is 0 Å². The Morgan fingerprint density at radius 2 is 2.14 bits per heavy atom. The van der Waals surface area contributed by atoms with Crippen LogP contribution in [0.15, 0.2) is 18.2 Å². The molecular formula is C16H16N2O3. The van der Waals surface area contributed by atoms with Crippen LogP contribution < -0.4 is 9.64 Å². The third kappa shape index (κ3) is 1.70. The van der Waals surface area contributed by atoms with E-state index in [1.807, 2.05) is 6.07 Å². The number of ether oxygens (including phenoxy) is 1. The predicted octanol–water partition coefficient (Wildman–Crippen LogP) is 2.64. The van der Waals surface area contributed by atoms with Crippen molar-refractivity contribution in [3.63, 3.8) is 0 Å². The van der Waals surface area contributed by atoms with Gasteiger partial charge >= 0.3 is 5.97 Å². The van der Waals surface area contributed by atoms with Crippen LogP contribution >= 0.6 is 0 Å². The molecule has 0 atom stereocenters. The first kappa shape index (κ1) is 12.4. The zero-order chi connectivity index (χ0) is 14.6. The molecule has 1 aromatic heterocycles. The lowest BCUT2D eigenvalue weighted by molar-refractivity contribution is 0.0699. The number of carbonyl (C=O) groups is 1. The SMILES string of the molecule is COc1ccc2c(C(=O)O)c3c(nc2c1)C1CCN3CC1. The lowest BCUT2D eigenvalue weighted by Gasteiger charge is -2.42. The van der Waals surface area contributed by atoms with Crippen LogP contribution in [0.1, 0.15) is 34.8 Å². The molecule has 0 aliphatic carbocycles. The second-order valence-corrected chi connectivity index (χ2v) is 5.67. The summed E-state index contributed by atoms with van der Waals surface area (Å²) < 4.78 is 5.23. The van der Waals surface area contributed by atoms with E-state index in [0.29, 0.717) is 28.1 Å². The summed E-state index contributed by atoms with van der Waals surface area (Å²) in [5.74, 6) is 0.211. The number of hydrogen-bond acceptors (Lipinski definition) is 4. The van der Waals surface area contributed by atoms with Gasteiger partial charge in [-0.1, -0.05) is 0 Å². The molecule has 0 amide bonds. The molecule has 0 saturated carbocycles. The van der Waals surface area contributed by atoms with Gasteiger partial charge in [0.1, 0.15) is 5.75 Å². The molecule has 0 radical (unpaired) electrons. The highest BCUT2D eigenvalue weighted by molar-refractivity contribution is 6.08. The van der Waals surface area contributed by atoms with Crippen molar-refractivity contribution < 1.29 is 14.6 Å². The zero-order valence-corrected chi connectivity index (χ0v) is 11.8. The first-order valence-corrected chi connectivity index (χ1v) is 7.19. The van der Waals surface area contributed by atoms with Gasteiger partial charge in [-0.3, -0.25) is 4.98 Å². The standard InChI is InChI=1S/C16H16N2O3/c1-21-10-2-3-11-12(8-10)17-14-9-4-6-18(7-5-9)15(14)13(11)16(19)20/h2-3,8-9H,4-7H2,1H3,(H,19,20). The molecule has 1 N–H and O–H groups in total. The molecule has 3 aliphatic rings. The first-order chi connectivity index (χ1) is 10.2. The van der Waals surface area contributed by atoms with Crippen LogP contribution in [0.25, 0.3) is 10.9 Å². The summed E-state index contributed by atoms with van der Waals surface area (Å²) in [5, 5.41) is 10.4. The van der Waals surface area contributed by atoms with Crippen LogP contribution in [-0.4, -0.2) is 36.3 Å². The van der Waals surface area contributed by atoms with E-state index >= 15 is 0 Å². The van der Waals surface area contributed by atoms with Gasteiger partial charge in [0, 0.05) is 30.5 Å². The van der Waals surface area contributed by atoms with Gasteiger partial charge in [0.15, 0.2) is 0 Å². The van der Waals surface area contributed by atoms with Crippen molar-refractivity contribution in [1.29, 1.82) is 0 Å². The number of fused-ring (bicyclic) bond motifs is 3. The van der Waals surface area contributed by atoms with E-state index in [0.717, 1.165) is 37.3 Å². The van der Waals surface area contributed by atoms with Gasteiger partial charge in [0.25, 0.3) is 0 Å². The summed E-state index contributed by atoms with van der Waals surface area (Å²) in [6.45, 7) is 1.86. The maximum atomic E-state index is 11.8. The molecular weight excluding hydrogens is 268 g/mol. The Balaban J connectivity index is 2.08. The second kappa shape index (κ2) is 4.35. The van der Waals surface area contributed by atoms with Gasteiger partial charge in [0.05, 0.1) is 29.6 Å². The van der Waals surface area contributed by atoms with Crippen LogP contribution in [-0.2, 0) is 0 Å². The first-order valence-electron chi connectivity index (χ1n) is 7.19.